The van der Waals surface area contributed by atoms with Crippen molar-refractivity contribution in [3.63, 3.8) is 0 Å². The Morgan fingerprint density at radius 2 is 1.88 bits per heavy atom. The van der Waals surface area contributed by atoms with Gasteiger partial charge in [-0.25, -0.2) is 9.78 Å². The van der Waals surface area contributed by atoms with Crippen molar-refractivity contribution < 1.29 is 19.4 Å². The Hall–Kier alpha value is -2.76. The lowest BCUT2D eigenvalue weighted by Crippen LogP contribution is -2.36. The Labute approximate surface area is 140 Å². The van der Waals surface area contributed by atoms with Gasteiger partial charge in [0.05, 0.1) is 7.11 Å². The Morgan fingerprint density at radius 1 is 1.17 bits per heavy atom. The number of hydrogen-bond acceptors (Lipinski definition) is 4. The maximum absolute atomic E-state index is 11.1. The molecular weight excluding hydrogens is 308 g/mol. The third-order valence-corrected chi connectivity index (χ3v) is 4.28. The van der Waals surface area contributed by atoms with Crippen LogP contribution in [-0.2, 0) is 0 Å². The van der Waals surface area contributed by atoms with Gasteiger partial charge >= 0.3 is 6.09 Å². The average molecular weight is 328 g/mol. The van der Waals surface area contributed by atoms with Crippen LogP contribution in [0.15, 0.2) is 42.6 Å². The number of amides is 1. The van der Waals surface area contributed by atoms with Crippen LogP contribution in [0.1, 0.15) is 24.3 Å². The fourth-order valence-corrected chi connectivity index (χ4v) is 2.99. The number of methoxy groups -OCH3 is 1. The maximum atomic E-state index is 11.1. The molecule has 0 unspecified atom stereocenters. The van der Waals surface area contributed by atoms with E-state index in [4.69, 9.17) is 14.6 Å². The zero-order chi connectivity index (χ0) is 16.9. The number of aromatic nitrogens is 1. The van der Waals surface area contributed by atoms with E-state index in [0.717, 1.165) is 18.4 Å². The third-order valence-electron chi connectivity index (χ3n) is 4.28. The normalized spacial score (nSPS) is 15.1. The molecule has 1 aromatic carbocycles. The zero-order valence-corrected chi connectivity index (χ0v) is 13.5. The highest BCUT2D eigenvalue weighted by molar-refractivity contribution is 5.65. The minimum absolute atomic E-state index is 0.235. The van der Waals surface area contributed by atoms with Crippen LogP contribution in [0.25, 0.3) is 0 Å². The number of pyridine rings is 1. The van der Waals surface area contributed by atoms with E-state index < -0.39 is 6.09 Å². The molecule has 1 N–H and O–H groups in total. The quantitative estimate of drug-likeness (QED) is 0.925. The van der Waals surface area contributed by atoms with Crippen molar-refractivity contribution in [1.29, 1.82) is 0 Å². The summed E-state index contributed by atoms with van der Waals surface area (Å²) in [6.45, 7) is 1.06. The van der Waals surface area contributed by atoms with Crippen molar-refractivity contribution in [1.82, 2.24) is 9.88 Å². The van der Waals surface area contributed by atoms with Crippen molar-refractivity contribution in [3.05, 3.63) is 48.2 Å². The van der Waals surface area contributed by atoms with E-state index in [-0.39, 0.29) is 5.92 Å². The largest absolute Gasteiger partial charge is 0.493 e. The maximum Gasteiger partial charge on any atom is 0.407 e. The van der Waals surface area contributed by atoms with E-state index in [1.54, 1.807) is 13.3 Å². The molecule has 1 aromatic heterocycles. The molecule has 0 aliphatic carbocycles. The highest BCUT2D eigenvalue weighted by Gasteiger charge is 2.26. The van der Waals surface area contributed by atoms with E-state index in [1.165, 1.54) is 4.90 Å². The SMILES string of the molecule is COc1ccccc1Oc1ncccc1C1CCN(C(=O)O)CC1. The highest BCUT2D eigenvalue weighted by atomic mass is 16.5. The molecule has 2 aromatic rings. The Bertz CT molecular complexity index is 712. The highest BCUT2D eigenvalue weighted by Crippen LogP contribution is 2.37. The summed E-state index contributed by atoms with van der Waals surface area (Å²) >= 11 is 0. The fourth-order valence-electron chi connectivity index (χ4n) is 2.99. The van der Waals surface area contributed by atoms with Gasteiger partial charge in [-0.3, -0.25) is 0 Å². The summed E-state index contributed by atoms with van der Waals surface area (Å²) < 4.78 is 11.3. The first-order chi connectivity index (χ1) is 11.7. The summed E-state index contributed by atoms with van der Waals surface area (Å²) in [6.07, 6.45) is 2.37. The summed E-state index contributed by atoms with van der Waals surface area (Å²) in [5.41, 5.74) is 1.01. The van der Waals surface area contributed by atoms with Crippen LogP contribution in [0.3, 0.4) is 0 Å². The molecule has 1 saturated heterocycles. The Balaban J connectivity index is 1.80. The molecule has 1 aliphatic rings. The summed E-state index contributed by atoms with van der Waals surface area (Å²) in [7, 11) is 1.60. The first-order valence-corrected chi connectivity index (χ1v) is 7.92. The van der Waals surface area contributed by atoms with E-state index in [1.807, 2.05) is 36.4 Å². The number of para-hydroxylation sites is 2. The number of hydrogen-bond donors (Lipinski definition) is 1. The lowest BCUT2D eigenvalue weighted by Gasteiger charge is -2.30. The van der Waals surface area contributed by atoms with Crippen LogP contribution in [0.5, 0.6) is 17.4 Å². The van der Waals surface area contributed by atoms with E-state index >= 15 is 0 Å². The molecular formula is C18H20N2O4. The molecule has 6 heteroatoms. The summed E-state index contributed by atoms with van der Waals surface area (Å²) in [5, 5.41) is 9.08. The van der Waals surface area contributed by atoms with Crippen LogP contribution >= 0.6 is 0 Å². The van der Waals surface area contributed by atoms with Gasteiger partial charge < -0.3 is 19.5 Å². The number of benzene rings is 1. The predicted molar refractivity (Wildman–Crippen MR) is 88.9 cm³/mol. The summed E-state index contributed by atoms with van der Waals surface area (Å²) in [5.74, 6) is 2.05. The van der Waals surface area contributed by atoms with Crippen LogP contribution < -0.4 is 9.47 Å². The van der Waals surface area contributed by atoms with Gasteiger partial charge in [-0.05, 0) is 37.0 Å². The molecule has 0 radical (unpaired) electrons. The van der Waals surface area contributed by atoms with Crippen LogP contribution in [0.2, 0.25) is 0 Å². The van der Waals surface area contributed by atoms with Gasteiger partial charge in [-0.1, -0.05) is 18.2 Å². The van der Waals surface area contributed by atoms with Gasteiger partial charge in [0.1, 0.15) is 0 Å². The second kappa shape index (κ2) is 7.21. The van der Waals surface area contributed by atoms with E-state index in [0.29, 0.717) is 30.5 Å². The number of carboxylic acid groups (broad SMARTS) is 1. The third kappa shape index (κ3) is 3.42. The van der Waals surface area contributed by atoms with E-state index in [2.05, 4.69) is 4.98 Å². The molecule has 1 amide bonds. The molecule has 1 aliphatic heterocycles. The topological polar surface area (TPSA) is 71.9 Å². The van der Waals surface area contributed by atoms with Crippen molar-refractivity contribution in [2.75, 3.05) is 20.2 Å². The number of ether oxygens (including phenoxy) is 2. The Kier molecular flexibility index (Phi) is 4.84. The standard InChI is InChI=1S/C18H20N2O4/c1-23-15-6-2-3-7-16(15)24-17-14(5-4-10-19-17)13-8-11-20(12-9-13)18(21)22/h2-7,10,13H,8-9,11-12H2,1H3,(H,21,22). The first kappa shape index (κ1) is 16.1. The van der Waals surface area contributed by atoms with Crippen LogP contribution in [0.4, 0.5) is 4.79 Å². The van der Waals surface area contributed by atoms with Gasteiger partial charge in [-0.2, -0.15) is 0 Å². The van der Waals surface area contributed by atoms with Gasteiger partial charge in [0.2, 0.25) is 5.88 Å². The molecule has 3 rings (SSSR count). The molecule has 0 saturated carbocycles. The van der Waals surface area contributed by atoms with Crippen LogP contribution in [0, 0.1) is 0 Å². The number of carbonyl (C=O) groups is 1. The second-order valence-corrected chi connectivity index (χ2v) is 5.69. The molecule has 0 spiro atoms. The fraction of sp³-hybridized carbons (Fsp3) is 0.333. The first-order valence-electron chi connectivity index (χ1n) is 7.92. The smallest absolute Gasteiger partial charge is 0.407 e. The van der Waals surface area contributed by atoms with Crippen molar-refractivity contribution in [3.8, 4) is 17.4 Å². The lowest BCUT2D eigenvalue weighted by atomic mass is 9.90. The number of nitrogens with zero attached hydrogens (tertiary/aromatic N) is 2. The van der Waals surface area contributed by atoms with Crippen molar-refractivity contribution in [2.45, 2.75) is 18.8 Å². The molecule has 0 atom stereocenters. The zero-order valence-electron chi connectivity index (χ0n) is 13.5. The monoisotopic (exact) mass is 328 g/mol. The Morgan fingerprint density at radius 3 is 2.54 bits per heavy atom. The number of likely N-dealkylation sites (tertiary alicyclic amines) is 1. The van der Waals surface area contributed by atoms with Crippen molar-refractivity contribution in [2.24, 2.45) is 0 Å². The number of rotatable bonds is 4. The molecule has 126 valence electrons. The molecule has 6 nitrogen and oxygen atoms in total. The second-order valence-electron chi connectivity index (χ2n) is 5.69. The van der Waals surface area contributed by atoms with E-state index in [9.17, 15) is 4.79 Å². The van der Waals surface area contributed by atoms with Crippen LogP contribution in [-0.4, -0.2) is 41.3 Å². The molecule has 24 heavy (non-hydrogen) atoms. The average Bonchev–Trinajstić information content (AvgIpc) is 2.63. The lowest BCUT2D eigenvalue weighted by molar-refractivity contribution is 0.132. The van der Waals surface area contributed by atoms with Gasteiger partial charge in [0, 0.05) is 24.8 Å². The summed E-state index contributed by atoms with van der Waals surface area (Å²) in [4.78, 5) is 16.9. The van der Waals surface area contributed by atoms with Gasteiger partial charge in [0.25, 0.3) is 0 Å². The van der Waals surface area contributed by atoms with Gasteiger partial charge in [-0.15, -0.1) is 0 Å². The van der Waals surface area contributed by atoms with Gasteiger partial charge in [0.15, 0.2) is 11.5 Å². The minimum atomic E-state index is -0.856. The molecule has 1 fully saturated rings. The predicted octanol–water partition coefficient (Wildman–Crippen LogP) is 3.74. The number of piperidine rings is 1. The summed E-state index contributed by atoms with van der Waals surface area (Å²) in [6, 6.07) is 11.3. The molecule has 0 bridgehead atoms. The minimum Gasteiger partial charge on any atom is -0.493 e. The van der Waals surface area contributed by atoms with Crippen molar-refractivity contribution >= 4 is 6.09 Å². The molecule has 2 heterocycles.